The van der Waals surface area contributed by atoms with Crippen LogP contribution in [-0.4, -0.2) is 35.5 Å². The maximum absolute atomic E-state index is 4.47. The average molecular weight is 284 g/mol. The Kier molecular flexibility index (Phi) is 5.42. The summed E-state index contributed by atoms with van der Waals surface area (Å²) in [6.45, 7) is 5.08. The van der Waals surface area contributed by atoms with Crippen molar-refractivity contribution >= 4 is 0 Å². The van der Waals surface area contributed by atoms with Gasteiger partial charge in [0.1, 0.15) is 0 Å². The summed E-state index contributed by atoms with van der Waals surface area (Å²) in [5.74, 6) is 0. The zero-order valence-electron chi connectivity index (χ0n) is 13.2. The quantitative estimate of drug-likeness (QED) is 0.885. The fourth-order valence-electron chi connectivity index (χ4n) is 2.53. The molecule has 112 valence electrons. The summed E-state index contributed by atoms with van der Waals surface area (Å²) < 4.78 is 0. The zero-order valence-corrected chi connectivity index (χ0v) is 13.2. The van der Waals surface area contributed by atoms with E-state index in [0.717, 1.165) is 17.9 Å². The predicted octanol–water partition coefficient (Wildman–Crippen LogP) is 2.74. The largest absolute Gasteiger partial charge is 0.308 e. The predicted molar refractivity (Wildman–Crippen MR) is 86.1 cm³/mol. The molecule has 0 saturated heterocycles. The molecule has 0 aliphatic heterocycles. The molecule has 1 aromatic carbocycles. The van der Waals surface area contributed by atoms with Gasteiger partial charge in [0.2, 0.25) is 0 Å². The lowest BCUT2D eigenvalue weighted by Gasteiger charge is -2.26. The van der Waals surface area contributed by atoms with Crippen molar-refractivity contribution in [2.45, 2.75) is 25.9 Å². The number of nitrogens with one attached hydrogen (secondary N) is 1. The number of aryl methyl sites for hydroxylation is 1. The second-order valence-electron chi connectivity index (χ2n) is 5.64. The third-order valence-corrected chi connectivity index (χ3v) is 3.53. The molecule has 0 bridgehead atoms. The van der Waals surface area contributed by atoms with E-state index in [4.69, 9.17) is 0 Å². The summed E-state index contributed by atoms with van der Waals surface area (Å²) >= 11 is 0. The van der Waals surface area contributed by atoms with Gasteiger partial charge in [-0.15, -0.1) is 0 Å². The van der Waals surface area contributed by atoms with Crippen LogP contribution in [0.3, 0.4) is 0 Å². The van der Waals surface area contributed by atoms with E-state index in [1.54, 1.807) is 12.4 Å². The van der Waals surface area contributed by atoms with Crippen LogP contribution in [0.2, 0.25) is 0 Å². The van der Waals surface area contributed by atoms with Crippen LogP contribution in [0.15, 0.2) is 42.7 Å². The monoisotopic (exact) mass is 284 g/mol. The molecule has 2 atom stereocenters. The summed E-state index contributed by atoms with van der Waals surface area (Å²) in [5.41, 5.74) is 3.28. The van der Waals surface area contributed by atoms with Gasteiger partial charge in [0.15, 0.2) is 0 Å². The zero-order chi connectivity index (χ0) is 15.2. The van der Waals surface area contributed by atoms with Crippen molar-refractivity contribution in [1.82, 2.24) is 20.2 Å². The Morgan fingerprint density at radius 1 is 1.10 bits per heavy atom. The summed E-state index contributed by atoms with van der Waals surface area (Å²) in [7, 11) is 4.19. The van der Waals surface area contributed by atoms with Crippen LogP contribution in [-0.2, 0) is 0 Å². The first-order valence-electron chi connectivity index (χ1n) is 7.31. The van der Waals surface area contributed by atoms with Crippen LogP contribution in [0.25, 0.3) is 0 Å². The van der Waals surface area contributed by atoms with Crippen molar-refractivity contribution in [1.29, 1.82) is 0 Å². The maximum atomic E-state index is 4.47. The van der Waals surface area contributed by atoms with Crippen LogP contribution < -0.4 is 5.32 Å². The van der Waals surface area contributed by atoms with E-state index in [-0.39, 0.29) is 12.1 Å². The first-order chi connectivity index (χ1) is 10.1. The molecule has 4 heteroatoms. The van der Waals surface area contributed by atoms with Crippen LogP contribution in [0, 0.1) is 6.92 Å². The minimum atomic E-state index is 0.156. The van der Waals surface area contributed by atoms with E-state index in [0.29, 0.717) is 0 Å². The Hall–Kier alpha value is -1.78. The van der Waals surface area contributed by atoms with Crippen molar-refractivity contribution in [3.63, 3.8) is 0 Å². The van der Waals surface area contributed by atoms with Gasteiger partial charge in [-0.3, -0.25) is 9.97 Å². The number of benzene rings is 1. The van der Waals surface area contributed by atoms with E-state index >= 15 is 0 Å². The van der Waals surface area contributed by atoms with Gasteiger partial charge in [0, 0.05) is 31.0 Å². The number of hydrogen-bond acceptors (Lipinski definition) is 4. The molecule has 1 heterocycles. The van der Waals surface area contributed by atoms with Gasteiger partial charge in [-0.1, -0.05) is 30.3 Å². The molecule has 2 aromatic rings. The molecule has 0 aliphatic rings. The Bertz CT molecular complexity index is 554. The highest BCUT2D eigenvalue weighted by molar-refractivity contribution is 5.21. The molecule has 0 fully saturated rings. The summed E-state index contributed by atoms with van der Waals surface area (Å²) in [6.07, 6.45) is 3.49. The van der Waals surface area contributed by atoms with Gasteiger partial charge in [-0.2, -0.15) is 0 Å². The highest BCUT2D eigenvalue weighted by Gasteiger charge is 2.18. The average Bonchev–Trinajstić information content (AvgIpc) is 2.47. The van der Waals surface area contributed by atoms with Gasteiger partial charge >= 0.3 is 0 Å². The number of aromatic nitrogens is 2. The van der Waals surface area contributed by atoms with Gasteiger partial charge in [-0.05, 0) is 33.5 Å². The smallest absolute Gasteiger partial charge is 0.0782 e. The number of likely N-dealkylation sites (N-methyl/N-ethyl adjacent to an activating group) is 1. The Morgan fingerprint density at radius 3 is 2.38 bits per heavy atom. The van der Waals surface area contributed by atoms with Crippen molar-refractivity contribution < 1.29 is 0 Å². The highest BCUT2D eigenvalue weighted by atomic mass is 15.1. The third-order valence-electron chi connectivity index (χ3n) is 3.53. The summed E-state index contributed by atoms with van der Waals surface area (Å²) in [5, 5.41) is 3.68. The van der Waals surface area contributed by atoms with Crippen LogP contribution in [0.1, 0.15) is 36.0 Å². The Balaban J connectivity index is 2.17. The lowest BCUT2D eigenvalue weighted by molar-refractivity contribution is 0.323. The lowest BCUT2D eigenvalue weighted by Crippen LogP contribution is -2.33. The van der Waals surface area contributed by atoms with Gasteiger partial charge in [-0.25, -0.2) is 0 Å². The molecule has 2 unspecified atom stereocenters. The molecule has 0 aliphatic carbocycles. The summed E-state index contributed by atoms with van der Waals surface area (Å²) in [4.78, 5) is 11.0. The number of nitrogens with zero attached hydrogens (tertiary/aromatic N) is 3. The van der Waals surface area contributed by atoms with E-state index in [9.17, 15) is 0 Å². The van der Waals surface area contributed by atoms with Crippen LogP contribution >= 0.6 is 0 Å². The Labute approximate surface area is 127 Å². The molecule has 1 aromatic heterocycles. The van der Waals surface area contributed by atoms with E-state index in [1.165, 1.54) is 5.56 Å². The standard InChI is InChI=1S/C17H24N4/c1-13-17(19-11-10-18-13)14(2)20-16(12-21(3)4)15-8-6-5-7-9-15/h5-11,14,16,20H,12H2,1-4H3. The van der Waals surface area contributed by atoms with E-state index in [1.807, 2.05) is 13.0 Å². The molecule has 0 saturated carbocycles. The maximum Gasteiger partial charge on any atom is 0.0782 e. The van der Waals surface area contributed by atoms with Crippen molar-refractivity contribution in [2.24, 2.45) is 0 Å². The molecule has 0 radical (unpaired) electrons. The Morgan fingerprint density at radius 2 is 1.76 bits per heavy atom. The molecule has 2 rings (SSSR count). The second kappa shape index (κ2) is 7.29. The molecule has 1 N–H and O–H groups in total. The normalized spacial score (nSPS) is 14.1. The first kappa shape index (κ1) is 15.6. The van der Waals surface area contributed by atoms with Crippen molar-refractivity contribution in [2.75, 3.05) is 20.6 Å². The second-order valence-corrected chi connectivity index (χ2v) is 5.64. The van der Waals surface area contributed by atoms with Gasteiger partial charge in [0.25, 0.3) is 0 Å². The highest BCUT2D eigenvalue weighted by Crippen LogP contribution is 2.20. The molecular formula is C17H24N4. The SMILES string of the molecule is Cc1nccnc1C(C)NC(CN(C)C)c1ccccc1. The fourth-order valence-corrected chi connectivity index (χ4v) is 2.53. The molecule has 0 amide bonds. The van der Waals surface area contributed by atoms with Gasteiger partial charge in [0.05, 0.1) is 11.4 Å². The molecular weight excluding hydrogens is 260 g/mol. The first-order valence-corrected chi connectivity index (χ1v) is 7.31. The van der Waals surface area contributed by atoms with E-state index in [2.05, 4.69) is 65.5 Å². The molecule has 4 nitrogen and oxygen atoms in total. The number of rotatable bonds is 6. The lowest BCUT2D eigenvalue weighted by atomic mass is 10.0. The topological polar surface area (TPSA) is 41.1 Å². The van der Waals surface area contributed by atoms with Crippen molar-refractivity contribution in [3.8, 4) is 0 Å². The molecule has 0 spiro atoms. The van der Waals surface area contributed by atoms with Gasteiger partial charge < -0.3 is 10.2 Å². The summed E-state index contributed by atoms with van der Waals surface area (Å²) in [6, 6.07) is 11.0. The minimum Gasteiger partial charge on any atom is -0.308 e. The number of hydrogen-bond donors (Lipinski definition) is 1. The fraction of sp³-hybridized carbons (Fsp3) is 0.412. The third kappa shape index (κ3) is 4.34. The van der Waals surface area contributed by atoms with E-state index < -0.39 is 0 Å². The van der Waals surface area contributed by atoms with Crippen LogP contribution in [0.5, 0.6) is 0 Å². The molecule has 21 heavy (non-hydrogen) atoms. The van der Waals surface area contributed by atoms with Crippen LogP contribution in [0.4, 0.5) is 0 Å². The van der Waals surface area contributed by atoms with Crippen molar-refractivity contribution in [3.05, 3.63) is 59.7 Å². The minimum absolute atomic E-state index is 0.156.